The van der Waals surface area contributed by atoms with Crippen LogP contribution in [0.1, 0.15) is 18.9 Å². The van der Waals surface area contributed by atoms with E-state index >= 15 is 0 Å². The molecule has 0 radical (unpaired) electrons. The Morgan fingerprint density at radius 2 is 1.65 bits per heavy atom. The quantitative estimate of drug-likeness (QED) is 0.726. The standard InChI is InChI=1S/C20H24N6/c1-17-12-13-24(14-15-25(17)16-18-8-4-2-5-9-18)20-21-22-23-26(20)19-10-6-3-7-11-19/h2-11,17H,12-16H2,1H3. The van der Waals surface area contributed by atoms with E-state index < -0.39 is 0 Å². The molecule has 2 aromatic carbocycles. The van der Waals surface area contributed by atoms with E-state index in [1.807, 2.05) is 35.0 Å². The van der Waals surface area contributed by atoms with E-state index in [4.69, 9.17) is 0 Å². The maximum Gasteiger partial charge on any atom is 0.250 e. The number of hydrogen-bond acceptors (Lipinski definition) is 5. The van der Waals surface area contributed by atoms with E-state index in [0.29, 0.717) is 6.04 Å². The number of nitrogens with zero attached hydrogens (tertiary/aromatic N) is 6. The van der Waals surface area contributed by atoms with Gasteiger partial charge in [0.2, 0.25) is 5.95 Å². The van der Waals surface area contributed by atoms with Crippen LogP contribution in [0.5, 0.6) is 0 Å². The smallest absolute Gasteiger partial charge is 0.250 e. The minimum atomic E-state index is 0.529. The number of para-hydroxylation sites is 1. The van der Waals surface area contributed by atoms with Gasteiger partial charge < -0.3 is 4.90 Å². The average molecular weight is 348 g/mol. The van der Waals surface area contributed by atoms with Crippen LogP contribution in [0.3, 0.4) is 0 Å². The second-order valence-corrected chi connectivity index (χ2v) is 6.81. The first-order chi connectivity index (χ1) is 12.8. The zero-order valence-electron chi connectivity index (χ0n) is 15.1. The van der Waals surface area contributed by atoms with Crippen molar-refractivity contribution < 1.29 is 0 Å². The van der Waals surface area contributed by atoms with E-state index in [1.165, 1.54) is 5.56 Å². The number of rotatable bonds is 4. The molecule has 2 heterocycles. The van der Waals surface area contributed by atoms with Gasteiger partial charge in [0, 0.05) is 32.2 Å². The molecular formula is C20H24N6. The highest BCUT2D eigenvalue weighted by Crippen LogP contribution is 2.20. The lowest BCUT2D eigenvalue weighted by Crippen LogP contribution is -2.34. The summed E-state index contributed by atoms with van der Waals surface area (Å²) >= 11 is 0. The summed E-state index contributed by atoms with van der Waals surface area (Å²) in [6.45, 7) is 6.17. The third-order valence-corrected chi connectivity index (χ3v) is 5.06. The van der Waals surface area contributed by atoms with E-state index in [0.717, 1.165) is 44.2 Å². The van der Waals surface area contributed by atoms with Crippen molar-refractivity contribution in [2.24, 2.45) is 0 Å². The molecule has 26 heavy (non-hydrogen) atoms. The lowest BCUT2D eigenvalue weighted by molar-refractivity contribution is 0.212. The number of aromatic nitrogens is 4. The van der Waals surface area contributed by atoms with E-state index in [9.17, 15) is 0 Å². The van der Waals surface area contributed by atoms with Gasteiger partial charge in [0.1, 0.15) is 0 Å². The fourth-order valence-corrected chi connectivity index (χ4v) is 3.48. The van der Waals surface area contributed by atoms with Gasteiger partial charge in [-0.25, -0.2) is 0 Å². The van der Waals surface area contributed by atoms with Gasteiger partial charge in [0.05, 0.1) is 5.69 Å². The normalized spacial score (nSPS) is 18.7. The van der Waals surface area contributed by atoms with Crippen molar-refractivity contribution in [2.45, 2.75) is 25.9 Å². The lowest BCUT2D eigenvalue weighted by Gasteiger charge is -2.26. The van der Waals surface area contributed by atoms with E-state index in [-0.39, 0.29) is 0 Å². The summed E-state index contributed by atoms with van der Waals surface area (Å²) in [5, 5.41) is 12.4. The van der Waals surface area contributed by atoms with Gasteiger partial charge in [-0.15, -0.1) is 0 Å². The summed E-state index contributed by atoms with van der Waals surface area (Å²) in [6, 6.07) is 21.3. The van der Waals surface area contributed by atoms with Crippen molar-refractivity contribution >= 4 is 5.95 Å². The Balaban J connectivity index is 1.50. The Bertz CT molecular complexity index is 817. The number of hydrogen-bond donors (Lipinski definition) is 0. The molecule has 0 N–H and O–H groups in total. The minimum Gasteiger partial charge on any atom is -0.338 e. The summed E-state index contributed by atoms with van der Waals surface area (Å²) in [4.78, 5) is 4.85. The molecule has 0 bridgehead atoms. The van der Waals surface area contributed by atoms with Crippen LogP contribution in [-0.2, 0) is 6.54 Å². The summed E-state index contributed by atoms with van der Waals surface area (Å²) in [5.41, 5.74) is 2.35. The van der Waals surface area contributed by atoms with Crippen molar-refractivity contribution in [2.75, 3.05) is 24.5 Å². The molecule has 0 aliphatic carbocycles. The SMILES string of the molecule is CC1CCN(c2nnnn2-c2ccccc2)CCN1Cc1ccccc1. The van der Waals surface area contributed by atoms with Crippen LogP contribution in [0.25, 0.3) is 5.69 Å². The van der Waals surface area contributed by atoms with E-state index in [1.54, 1.807) is 0 Å². The zero-order chi connectivity index (χ0) is 17.8. The molecule has 1 fully saturated rings. The Morgan fingerprint density at radius 3 is 2.42 bits per heavy atom. The Hall–Kier alpha value is -2.73. The molecule has 1 atom stereocenters. The second kappa shape index (κ2) is 7.66. The summed E-state index contributed by atoms with van der Waals surface area (Å²) < 4.78 is 1.83. The predicted octanol–water partition coefficient (Wildman–Crippen LogP) is 2.76. The van der Waals surface area contributed by atoms with Gasteiger partial charge in [-0.1, -0.05) is 53.6 Å². The van der Waals surface area contributed by atoms with Crippen LogP contribution < -0.4 is 4.90 Å². The maximum atomic E-state index is 4.30. The highest BCUT2D eigenvalue weighted by Gasteiger charge is 2.24. The average Bonchev–Trinajstić information content (AvgIpc) is 3.11. The van der Waals surface area contributed by atoms with Crippen LogP contribution in [0.2, 0.25) is 0 Å². The van der Waals surface area contributed by atoms with Gasteiger partial charge >= 0.3 is 0 Å². The van der Waals surface area contributed by atoms with Crippen molar-refractivity contribution in [1.82, 2.24) is 25.1 Å². The monoisotopic (exact) mass is 348 g/mol. The maximum absolute atomic E-state index is 4.30. The molecule has 0 spiro atoms. The molecule has 6 nitrogen and oxygen atoms in total. The molecule has 6 heteroatoms. The fraction of sp³-hybridized carbons (Fsp3) is 0.350. The Kier molecular flexibility index (Phi) is 4.93. The summed E-state index contributed by atoms with van der Waals surface area (Å²) in [5.74, 6) is 0.824. The largest absolute Gasteiger partial charge is 0.338 e. The van der Waals surface area contributed by atoms with Crippen LogP contribution in [0.4, 0.5) is 5.95 Å². The summed E-state index contributed by atoms with van der Waals surface area (Å²) in [6.07, 6.45) is 1.09. The molecule has 4 rings (SSSR count). The second-order valence-electron chi connectivity index (χ2n) is 6.81. The fourth-order valence-electron chi connectivity index (χ4n) is 3.48. The van der Waals surface area contributed by atoms with Crippen LogP contribution in [-0.4, -0.2) is 50.8 Å². The number of benzene rings is 2. The van der Waals surface area contributed by atoms with Crippen LogP contribution in [0, 0.1) is 0 Å². The molecule has 1 aliphatic rings. The van der Waals surface area contributed by atoms with Gasteiger partial charge in [-0.05, 0) is 41.5 Å². The van der Waals surface area contributed by atoms with Crippen molar-refractivity contribution in [3.05, 3.63) is 66.2 Å². The molecule has 0 saturated carbocycles. The van der Waals surface area contributed by atoms with Crippen molar-refractivity contribution in [3.63, 3.8) is 0 Å². The molecular weight excluding hydrogens is 324 g/mol. The first-order valence-corrected chi connectivity index (χ1v) is 9.18. The predicted molar refractivity (Wildman–Crippen MR) is 102 cm³/mol. The van der Waals surface area contributed by atoms with Crippen molar-refractivity contribution in [3.8, 4) is 5.69 Å². The van der Waals surface area contributed by atoms with Gasteiger partial charge in [0.25, 0.3) is 0 Å². The van der Waals surface area contributed by atoms with Gasteiger partial charge in [-0.3, -0.25) is 4.90 Å². The molecule has 0 amide bonds. The Morgan fingerprint density at radius 1 is 0.923 bits per heavy atom. The van der Waals surface area contributed by atoms with Gasteiger partial charge in [-0.2, -0.15) is 4.68 Å². The molecule has 1 aliphatic heterocycles. The highest BCUT2D eigenvalue weighted by molar-refractivity contribution is 5.40. The lowest BCUT2D eigenvalue weighted by atomic mass is 10.1. The van der Waals surface area contributed by atoms with Crippen molar-refractivity contribution in [1.29, 1.82) is 0 Å². The first-order valence-electron chi connectivity index (χ1n) is 9.18. The first kappa shape index (κ1) is 16.7. The molecule has 1 saturated heterocycles. The third kappa shape index (κ3) is 3.60. The van der Waals surface area contributed by atoms with E-state index in [2.05, 4.69) is 62.6 Å². The summed E-state index contributed by atoms with van der Waals surface area (Å²) in [7, 11) is 0. The highest BCUT2D eigenvalue weighted by atomic mass is 15.6. The molecule has 134 valence electrons. The van der Waals surface area contributed by atoms with Gasteiger partial charge in [0.15, 0.2) is 0 Å². The van der Waals surface area contributed by atoms with Crippen LogP contribution >= 0.6 is 0 Å². The number of tetrazole rings is 1. The molecule has 1 unspecified atom stereocenters. The van der Waals surface area contributed by atoms with Crippen LogP contribution in [0.15, 0.2) is 60.7 Å². The topological polar surface area (TPSA) is 50.1 Å². The Labute approximate surface area is 154 Å². The molecule has 1 aromatic heterocycles. The number of anilines is 1. The minimum absolute atomic E-state index is 0.529. The molecule has 3 aromatic rings. The zero-order valence-corrected chi connectivity index (χ0v) is 15.1. The third-order valence-electron chi connectivity index (χ3n) is 5.06.